The lowest BCUT2D eigenvalue weighted by atomic mass is 9.84. The van der Waals surface area contributed by atoms with E-state index in [9.17, 15) is 24.3 Å². The first-order valence-corrected chi connectivity index (χ1v) is 11.6. The number of carboxylic acid groups (broad SMARTS) is 1. The Morgan fingerprint density at radius 2 is 1.82 bits per heavy atom. The molecule has 3 atom stereocenters. The van der Waals surface area contributed by atoms with E-state index in [-0.39, 0.29) is 18.4 Å². The van der Waals surface area contributed by atoms with Crippen LogP contribution in [0.3, 0.4) is 0 Å². The minimum atomic E-state index is -1.13. The Morgan fingerprint density at radius 1 is 1.21 bits per heavy atom. The predicted molar refractivity (Wildman–Crippen MR) is 126 cm³/mol. The van der Waals surface area contributed by atoms with Crippen LogP contribution in [0, 0.1) is 11.3 Å². The van der Waals surface area contributed by atoms with Gasteiger partial charge in [-0.3, -0.25) is 14.5 Å². The lowest BCUT2D eigenvalue weighted by Gasteiger charge is -2.39. The minimum absolute atomic E-state index is 0.000456. The van der Waals surface area contributed by atoms with Gasteiger partial charge in [-0.2, -0.15) is 0 Å². The van der Waals surface area contributed by atoms with Crippen molar-refractivity contribution in [1.82, 2.24) is 15.1 Å². The average molecular weight is 468 g/mol. The maximum Gasteiger partial charge on any atom is 0.407 e. The SMILES string of the molecule is CCOC(=O)C(C)=C[C@H](C(C)C)N(C)C(=O)[C@@H](NC(=O)C1CCCCN1C(=O)O)C(C)(C)C. The van der Waals surface area contributed by atoms with Crippen molar-refractivity contribution >= 4 is 23.9 Å². The van der Waals surface area contributed by atoms with Crippen LogP contribution in [-0.2, 0) is 19.1 Å². The lowest BCUT2D eigenvalue weighted by molar-refractivity contribution is -0.141. The fraction of sp³-hybridized carbons (Fsp3) is 0.750. The number of carbonyl (C=O) groups is 4. The number of rotatable bonds is 8. The van der Waals surface area contributed by atoms with E-state index < -0.39 is 41.5 Å². The molecular formula is C24H41N3O6. The number of piperidine rings is 1. The van der Waals surface area contributed by atoms with E-state index >= 15 is 0 Å². The zero-order chi connectivity index (χ0) is 25.5. The van der Waals surface area contributed by atoms with E-state index in [0.717, 1.165) is 11.3 Å². The third-order valence-corrected chi connectivity index (χ3v) is 5.95. The molecule has 0 saturated carbocycles. The molecule has 0 aliphatic carbocycles. The molecule has 1 rings (SSSR count). The smallest absolute Gasteiger partial charge is 0.407 e. The Balaban J connectivity index is 3.16. The molecule has 1 fully saturated rings. The molecule has 1 aliphatic rings. The first kappa shape index (κ1) is 28.5. The number of hydrogen-bond acceptors (Lipinski definition) is 5. The zero-order valence-corrected chi connectivity index (χ0v) is 21.3. The Morgan fingerprint density at radius 3 is 2.30 bits per heavy atom. The highest BCUT2D eigenvalue weighted by Gasteiger charge is 2.40. The first-order chi connectivity index (χ1) is 15.2. The number of carbonyl (C=O) groups excluding carboxylic acids is 3. The molecule has 0 aromatic carbocycles. The Labute approximate surface area is 197 Å². The number of likely N-dealkylation sites (tertiary alicyclic amines) is 1. The molecule has 9 heteroatoms. The quantitative estimate of drug-likeness (QED) is 0.419. The normalized spacial score (nSPS) is 19.0. The summed E-state index contributed by atoms with van der Waals surface area (Å²) in [6.07, 6.45) is 2.47. The summed E-state index contributed by atoms with van der Waals surface area (Å²) in [6, 6.07) is -2.08. The molecule has 0 bridgehead atoms. The van der Waals surface area contributed by atoms with Crippen molar-refractivity contribution in [2.75, 3.05) is 20.2 Å². The molecule has 1 heterocycles. The van der Waals surface area contributed by atoms with Crippen molar-refractivity contribution in [2.45, 2.75) is 85.9 Å². The fourth-order valence-corrected chi connectivity index (χ4v) is 3.99. The number of nitrogens with one attached hydrogen (secondary N) is 1. The van der Waals surface area contributed by atoms with Gasteiger partial charge >= 0.3 is 12.1 Å². The summed E-state index contributed by atoms with van der Waals surface area (Å²) >= 11 is 0. The van der Waals surface area contributed by atoms with E-state index in [0.29, 0.717) is 25.0 Å². The molecule has 0 radical (unpaired) electrons. The number of hydrogen-bond donors (Lipinski definition) is 2. The van der Waals surface area contributed by atoms with Crippen molar-refractivity contribution in [3.8, 4) is 0 Å². The van der Waals surface area contributed by atoms with E-state index in [2.05, 4.69) is 5.32 Å². The largest absolute Gasteiger partial charge is 0.465 e. The van der Waals surface area contributed by atoms with Crippen molar-refractivity contribution in [1.29, 1.82) is 0 Å². The molecule has 2 N–H and O–H groups in total. The van der Waals surface area contributed by atoms with Gasteiger partial charge in [-0.15, -0.1) is 0 Å². The summed E-state index contributed by atoms with van der Waals surface area (Å²) in [5.41, 5.74) is -0.212. The Hall–Kier alpha value is -2.58. The summed E-state index contributed by atoms with van der Waals surface area (Å²) in [4.78, 5) is 53.0. The van der Waals surface area contributed by atoms with Crippen molar-refractivity contribution in [3.05, 3.63) is 11.6 Å². The number of amides is 3. The van der Waals surface area contributed by atoms with Crippen LogP contribution in [-0.4, -0.2) is 77.1 Å². The van der Waals surface area contributed by atoms with Crippen LogP contribution in [0.4, 0.5) is 4.79 Å². The van der Waals surface area contributed by atoms with Gasteiger partial charge in [0, 0.05) is 19.2 Å². The second-order valence-electron chi connectivity index (χ2n) is 10.0. The number of nitrogens with zero attached hydrogens (tertiary/aromatic N) is 2. The van der Waals surface area contributed by atoms with Gasteiger partial charge in [0.2, 0.25) is 11.8 Å². The van der Waals surface area contributed by atoms with E-state index in [1.165, 1.54) is 0 Å². The highest BCUT2D eigenvalue weighted by molar-refractivity contribution is 5.92. The van der Waals surface area contributed by atoms with E-state index in [1.54, 1.807) is 31.9 Å². The van der Waals surface area contributed by atoms with Gasteiger partial charge in [0.15, 0.2) is 0 Å². The molecule has 33 heavy (non-hydrogen) atoms. The van der Waals surface area contributed by atoms with Crippen LogP contribution < -0.4 is 5.32 Å². The predicted octanol–water partition coefficient (Wildman–Crippen LogP) is 3.04. The third kappa shape index (κ3) is 7.75. The summed E-state index contributed by atoms with van der Waals surface area (Å²) in [6.45, 7) is 13.4. The molecule has 0 aromatic heterocycles. The number of ether oxygens (including phenoxy) is 1. The molecular weight excluding hydrogens is 426 g/mol. The van der Waals surface area contributed by atoms with Crippen molar-refractivity contribution in [2.24, 2.45) is 11.3 Å². The molecule has 1 saturated heterocycles. The van der Waals surface area contributed by atoms with Gasteiger partial charge in [0.1, 0.15) is 12.1 Å². The average Bonchev–Trinajstić information content (AvgIpc) is 2.73. The standard InChI is InChI=1S/C24H41N3O6/c1-9-33-22(30)16(4)14-18(15(2)3)26(8)21(29)19(24(5,6)7)25-20(28)17-12-10-11-13-27(17)23(31)32/h14-15,17-19H,9-13H2,1-8H3,(H,25,28)(H,31,32)/t17?,18-,19-/m1/s1. The first-order valence-electron chi connectivity index (χ1n) is 11.6. The number of likely N-dealkylation sites (N-methyl/N-ethyl adjacent to an activating group) is 1. The third-order valence-electron chi connectivity index (χ3n) is 5.95. The maximum absolute atomic E-state index is 13.6. The van der Waals surface area contributed by atoms with Crippen LogP contribution >= 0.6 is 0 Å². The summed E-state index contributed by atoms with van der Waals surface area (Å²) in [5, 5.41) is 12.3. The minimum Gasteiger partial charge on any atom is -0.465 e. The monoisotopic (exact) mass is 467 g/mol. The lowest BCUT2D eigenvalue weighted by Crippen LogP contribution is -2.60. The summed E-state index contributed by atoms with van der Waals surface area (Å²) < 4.78 is 5.06. The number of esters is 1. The molecule has 1 aliphatic heterocycles. The second kappa shape index (κ2) is 12.0. The molecule has 188 valence electrons. The van der Waals surface area contributed by atoms with Gasteiger partial charge in [-0.05, 0) is 44.4 Å². The zero-order valence-electron chi connectivity index (χ0n) is 21.3. The van der Waals surface area contributed by atoms with Crippen molar-refractivity contribution in [3.63, 3.8) is 0 Å². The van der Waals surface area contributed by atoms with Crippen LogP contribution in [0.2, 0.25) is 0 Å². The van der Waals surface area contributed by atoms with Crippen molar-refractivity contribution < 1.29 is 29.0 Å². The molecule has 3 amide bonds. The molecule has 9 nitrogen and oxygen atoms in total. The maximum atomic E-state index is 13.6. The highest BCUT2D eigenvalue weighted by Crippen LogP contribution is 2.25. The van der Waals surface area contributed by atoms with E-state index in [4.69, 9.17) is 4.74 Å². The Kier molecular flexibility index (Phi) is 10.4. The van der Waals surface area contributed by atoms with Gasteiger partial charge in [0.25, 0.3) is 0 Å². The molecule has 1 unspecified atom stereocenters. The van der Waals surface area contributed by atoms with Crippen LogP contribution in [0.25, 0.3) is 0 Å². The summed E-state index contributed by atoms with van der Waals surface area (Å²) in [7, 11) is 1.65. The van der Waals surface area contributed by atoms with Crippen LogP contribution in [0.1, 0.15) is 67.7 Å². The van der Waals surface area contributed by atoms with Gasteiger partial charge in [-0.1, -0.05) is 40.7 Å². The van der Waals surface area contributed by atoms with E-state index in [1.807, 2.05) is 34.6 Å². The van der Waals surface area contributed by atoms with Crippen LogP contribution in [0.5, 0.6) is 0 Å². The highest BCUT2D eigenvalue weighted by atomic mass is 16.5. The molecule has 0 spiro atoms. The fourth-order valence-electron chi connectivity index (χ4n) is 3.99. The Bertz CT molecular complexity index is 756. The van der Waals surface area contributed by atoms with Gasteiger partial charge in [-0.25, -0.2) is 9.59 Å². The topological polar surface area (TPSA) is 116 Å². The summed E-state index contributed by atoms with van der Waals surface area (Å²) in [5.74, 6) is -1.20. The van der Waals surface area contributed by atoms with Gasteiger partial charge in [0.05, 0.1) is 12.6 Å². The molecule has 0 aromatic rings. The second-order valence-corrected chi connectivity index (χ2v) is 10.0. The van der Waals surface area contributed by atoms with Gasteiger partial charge < -0.3 is 20.1 Å². The van der Waals surface area contributed by atoms with Crippen LogP contribution in [0.15, 0.2) is 11.6 Å².